The van der Waals surface area contributed by atoms with Gasteiger partial charge in [-0.1, -0.05) is 0 Å². The number of carbonyl (C=O) groups is 1. The smallest absolute Gasteiger partial charge is 0.375 e. The monoisotopic (exact) mass is 171 g/mol. The molecule has 0 amide bonds. The lowest BCUT2D eigenvalue weighted by Gasteiger charge is -1.94. The number of hydrogen-bond donors (Lipinski definition) is 1. The zero-order valence-corrected chi connectivity index (χ0v) is 6.81. The number of aryl methyl sites for hydroxylation is 1. The maximum atomic E-state index is 10.4. The van der Waals surface area contributed by atoms with Crippen LogP contribution in [-0.4, -0.2) is 33.0 Å². The fraction of sp³-hybridized carbons (Fsp3) is 0.500. The van der Waals surface area contributed by atoms with Crippen molar-refractivity contribution in [1.29, 1.82) is 0 Å². The highest BCUT2D eigenvalue weighted by molar-refractivity contribution is 5.82. The third kappa shape index (κ3) is 1.59. The first kappa shape index (κ1) is 8.66. The normalized spacial score (nSPS) is 10.2. The Bertz CT molecular complexity index is 294. The van der Waals surface area contributed by atoms with Gasteiger partial charge in [0.15, 0.2) is 5.82 Å². The summed E-state index contributed by atoms with van der Waals surface area (Å²) in [5.41, 5.74) is 0. The van der Waals surface area contributed by atoms with Gasteiger partial charge in [0.1, 0.15) is 6.61 Å². The molecule has 0 saturated carbocycles. The van der Waals surface area contributed by atoms with Crippen LogP contribution in [0.15, 0.2) is 0 Å². The summed E-state index contributed by atoms with van der Waals surface area (Å²) in [4.78, 5) is 14.1. The van der Waals surface area contributed by atoms with Crippen molar-refractivity contribution in [3.63, 3.8) is 0 Å². The molecule has 12 heavy (non-hydrogen) atoms. The van der Waals surface area contributed by atoms with E-state index in [0.717, 1.165) is 0 Å². The number of rotatable bonds is 3. The fourth-order valence-electron chi connectivity index (χ4n) is 0.762. The minimum atomic E-state index is -1.13. The first-order valence-electron chi connectivity index (χ1n) is 3.27. The Kier molecular flexibility index (Phi) is 2.39. The van der Waals surface area contributed by atoms with E-state index < -0.39 is 5.97 Å². The number of aromatic carboxylic acids is 1. The van der Waals surface area contributed by atoms with Crippen LogP contribution in [0.2, 0.25) is 0 Å². The van der Waals surface area contributed by atoms with Crippen LogP contribution in [0.1, 0.15) is 16.4 Å². The molecule has 0 aromatic carbocycles. The zero-order valence-electron chi connectivity index (χ0n) is 6.81. The van der Waals surface area contributed by atoms with Crippen LogP contribution in [-0.2, 0) is 18.4 Å². The van der Waals surface area contributed by atoms with Gasteiger partial charge in [-0.05, 0) is 0 Å². The van der Waals surface area contributed by atoms with Gasteiger partial charge in [-0.3, -0.25) is 4.68 Å². The Hall–Kier alpha value is -1.43. The summed E-state index contributed by atoms with van der Waals surface area (Å²) in [6.07, 6.45) is 0. The molecule has 1 N–H and O–H groups in total. The molecule has 0 spiro atoms. The van der Waals surface area contributed by atoms with E-state index in [-0.39, 0.29) is 12.4 Å². The van der Waals surface area contributed by atoms with E-state index in [1.807, 2.05) is 0 Å². The van der Waals surface area contributed by atoms with Crippen molar-refractivity contribution in [2.45, 2.75) is 6.61 Å². The molecule has 0 radical (unpaired) electrons. The van der Waals surface area contributed by atoms with Crippen molar-refractivity contribution in [2.24, 2.45) is 7.05 Å². The predicted octanol–water partition coefficient (Wildman–Crippen LogP) is -0.340. The van der Waals surface area contributed by atoms with Crippen LogP contribution >= 0.6 is 0 Å². The number of methoxy groups -OCH3 is 1. The minimum Gasteiger partial charge on any atom is -0.475 e. The number of ether oxygens (including phenoxy) is 1. The van der Waals surface area contributed by atoms with Gasteiger partial charge in [0.25, 0.3) is 5.82 Å². The van der Waals surface area contributed by atoms with Gasteiger partial charge in [-0.2, -0.15) is 0 Å². The van der Waals surface area contributed by atoms with Crippen molar-refractivity contribution in [1.82, 2.24) is 14.8 Å². The molecule has 1 aromatic heterocycles. The lowest BCUT2D eigenvalue weighted by molar-refractivity contribution is 0.0683. The molecule has 0 aliphatic rings. The summed E-state index contributed by atoms with van der Waals surface area (Å²) in [5, 5.41) is 12.2. The minimum absolute atomic E-state index is 0.204. The SMILES string of the molecule is COCc1nc(C(=O)O)nn1C. The van der Waals surface area contributed by atoms with Crippen molar-refractivity contribution in [3.8, 4) is 0 Å². The molecule has 1 aromatic rings. The molecule has 0 bridgehead atoms. The Morgan fingerprint density at radius 1 is 1.75 bits per heavy atom. The van der Waals surface area contributed by atoms with Crippen molar-refractivity contribution < 1.29 is 14.6 Å². The van der Waals surface area contributed by atoms with E-state index in [0.29, 0.717) is 5.82 Å². The maximum absolute atomic E-state index is 10.4. The summed E-state index contributed by atoms with van der Waals surface area (Å²) >= 11 is 0. The van der Waals surface area contributed by atoms with E-state index in [4.69, 9.17) is 9.84 Å². The van der Waals surface area contributed by atoms with E-state index in [1.165, 1.54) is 11.8 Å². The van der Waals surface area contributed by atoms with Crippen molar-refractivity contribution >= 4 is 5.97 Å². The van der Waals surface area contributed by atoms with Crippen LogP contribution in [0.3, 0.4) is 0 Å². The van der Waals surface area contributed by atoms with Crippen LogP contribution in [0, 0.1) is 0 Å². The first-order chi connectivity index (χ1) is 5.65. The highest BCUT2D eigenvalue weighted by Crippen LogP contribution is 1.97. The molecule has 6 nitrogen and oxygen atoms in total. The Balaban J connectivity index is 2.92. The third-order valence-electron chi connectivity index (χ3n) is 1.32. The van der Waals surface area contributed by atoms with Gasteiger partial charge in [0.05, 0.1) is 0 Å². The molecule has 1 heterocycles. The van der Waals surface area contributed by atoms with Gasteiger partial charge >= 0.3 is 5.97 Å². The number of aromatic nitrogens is 3. The Morgan fingerprint density at radius 2 is 2.42 bits per heavy atom. The summed E-state index contributed by atoms with van der Waals surface area (Å²) in [7, 11) is 3.13. The van der Waals surface area contributed by atoms with Crippen LogP contribution in [0.25, 0.3) is 0 Å². The summed E-state index contributed by atoms with van der Waals surface area (Å²) in [6, 6.07) is 0. The first-order valence-corrected chi connectivity index (χ1v) is 3.27. The molecular weight excluding hydrogens is 162 g/mol. The van der Waals surface area contributed by atoms with Gasteiger partial charge in [0, 0.05) is 14.2 Å². The molecule has 0 aliphatic carbocycles. The molecule has 66 valence electrons. The fourth-order valence-corrected chi connectivity index (χ4v) is 0.762. The highest BCUT2D eigenvalue weighted by atomic mass is 16.5. The van der Waals surface area contributed by atoms with Gasteiger partial charge in [-0.15, -0.1) is 5.10 Å². The largest absolute Gasteiger partial charge is 0.475 e. The third-order valence-corrected chi connectivity index (χ3v) is 1.32. The second-order valence-electron chi connectivity index (χ2n) is 2.21. The molecule has 1 rings (SSSR count). The lowest BCUT2D eigenvalue weighted by atomic mass is 10.6. The number of carboxylic acids is 1. The number of hydrogen-bond acceptors (Lipinski definition) is 4. The average molecular weight is 171 g/mol. The summed E-state index contributed by atoms with van der Waals surface area (Å²) in [6.45, 7) is 0.261. The Labute approximate surface area is 68.8 Å². The summed E-state index contributed by atoms with van der Waals surface area (Å²) in [5.74, 6) is -0.840. The van der Waals surface area contributed by atoms with Crippen LogP contribution in [0.4, 0.5) is 0 Å². The van der Waals surface area contributed by atoms with E-state index in [9.17, 15) is 4.79 Å². The second-order valence-corrected chi connectivity index (χ2v) is 2.21. The van der Waals surface area contributed by atoms with E-state index in [2.05, 4.69) is 10.1 Å². The Morgan fingerprint density at radius 3 is 2.83 bits per heavy atom. The topological polar surface area (TPSA) is 77.2 Å². The molecule has 6 heteroatoms. The summed E-state index contributed by atoms with van der Waals surface area (Å²) < 4.78 is 6.17. The maximum Gasteiger partial charge on any atom is 0.375 e. The molecule has 0 atom stereocenters. The molecule has 0 unspecified atom stereocenters. The highest BCUT2D eigenvalue weighted by Gasteiger charge is 2.12. The quantitative estimate of drug-likeness (QED) is 0.673. The van der Waals surface area contributed by atoms with Crippen molar-refractivity contribution in [2.75, 3.05) is 7.11 Å². The van der Waals surface area contributed by atoms with E-state index >= 15 is 0 Å². The molecule has 0 saturated heterocycles. The van der Waals surface area contributed by atoms with E-state index in [1.54, 1.807) is 7.05 Å². The average Bonchev–Trinajstić information content (AvgIpc) is 2.34. The number of nitrogens with zero attached hydrogens (tertiary/aromatic N) is 3. The van der Waals surface area contributed by atoms with Gasteiger partial charge in [0.2, 0.25) is 0 Å². The molecule has 0 fully saturated rings. The second kappa shape index (κ2) is 3.31. The van der Waals surface area contributed by atoms with Gasteiger partial charge in [-0.25, -0.2) is 9.78 Å². The molecule has 0 aliphatic heterocycles. The van der Waals surface area contributed by atoms with Crippen molar-refractivity contribution in [3.05, 3.63) is 11.6 Å². The molecular formula is C6H9N3O3. The lowest BCUT2D eigenvalue weighted by Crippen LogP contribution is -2.00. The predicted molar refractivity (Wildman–Crippen MR) is 38.7 cm³/mol. The standard InChI is InChI=1S/C6H9N3O3/c1-9-4(3-12-2)7-5(8-9)6(10)11/h3H2,1-2H3,(H,10,11). The number of carboxylic acid groups (broad SMARTS) is 1. The zero-order chi connectivity index (χ0) is 9.14. The van der Waals surface area contributed by atoms with Crippen LogP contribution < -0.4 is 0 Å². The van der Waals surface area contributed by atoms with Crippen LogP contribution in [0.5, 0.6) is 0 Å². The van der Waals surface area contributed by atoms with Gasteiger partial charge < -0.3 is 9.84 Å².